The number of allylic oxidation sites excluding steroid dienone is 5. The van der Waals surface area contributed by atoms with Gasteiger partial charge in [-0.3, -0.25) is 4.99 Å². The SMILES string of the molecule is C[C@H](C/C=C1\C=C[C@H](C)c2ccccc21)[C@H]1CNC[C@]2(O)[C@H](Oc3ccc4c(c3)OCC(c3ccc(O)cc3)=C4O)O[C@H](C(=O)O)[C@@H](O)[C@@H]2OCSSC[C@H]1C1=CCN=C1. The molecule has 14 heteroatoms. The Morgan fingerprint density at radius 1 is 1.10 bits per heavy atom. The zero-order valence-corrected chi connectivity index (χ0v) is 35.0. The van der Waals surface area contributed by atoms with Crippen LogP contribution in [0.15, 0.2) is 102 Å². The summed E-state index contributed by atoms with van der Waals surface area (Å²) in [5, 5.41) is 58.7. The Labute approximate surface area is 357 Å². The number of carboxylic acid groups (broad SMARTS) is 1. The molecule has 1 aliphatic carbocycles. The topological polar surface area (TPSA) is 180 Å². The maximum atomic E-state index is 12.7. The van der Waals surface area contributed by atoms with Crippen LogP contribution in [0.4, 0.5) is 0 Å². The summed E-state index contributed by atoms with van der Waals surface area (Å²) < 4.78 is 24.4. The molecule has 0 unspecified atom stereocenters. The van der Waals surface area contributed by atoms with Gasteiger partial charge in [0.25, 0.3) is 0 Å². The number of rotatable bonds is 8. The van der Waals surface area contributed by atoms with Crippen LogP contribution in [0.25, 0.3) is 16.9 Å². The molecule has 316 valence electrons. The summed E-state index contributed by atoms with van der Waals surface area (Å²) in [5.41, 5.74) is 4.47. The smallest absolute Gasteiger partial charge is 0.335 e. The van der Waals surface area contributed by atoms with Crippen molar-refractivity contribution in [3.63, 3.8) is 0 Å². The molecule has 2 fully saturated rings. The van der Waals surface area contributed by atoms with E-state index >= 15 is 0 Å². The molecule has 0 radical (unpaired) electrons. The fraction of sp³-hybridized carbons (Fsp3) is 0.391. The normalized spacial score (nSPS) is 30.5. The number of carbonyl (C=O) groups is 1. The highest BCUT2D eigenvalue weighted by atomic mass is 33.1. The standard InChI is InChI=1S/C46H50N2O10S2/c1-26-7-9-28(34-6-4-3-5-33(26)34)10-8-27(2)36-21-48-24-46(54)43(56-25-60-59-23-38(36)30-17-18-47-20-30)41(51)42(44(52)53)58-45(46)57-32-15-16-35-39(19-32)55-22-37(40(35)50)29-11-13-31(49)14-12-29/h3-7,9-17,19-20,26-27,36,38,41-43,45,48-51,54H,8,18,21-25H2,1-2H3,(H,52,53)/b28-10+/t26-,27+,36+,38-,41+,42-,43-,45+,46+/m0/s1. The van der Waals surface area contributed by atoms with E-state index in [1.165, 1.54) is 51.3 Å². The van der Waals surface area contributed by atoms with Gasteiger partial charge >= 0.3 is 5.97 Å². The number of phenols is 1. The summed E-state index contributed by atoms with van der Waals surface area (Å²) in [6.07, 6.45) is 5.22. The van der Waals surface area contributed by atoms with Gasteiger partial charge in [-0.2, -0.15) is 0 Å². The van der Waals surface area contributed by atoms with E-state index in [9.17, 15) is 30.3 Å². The number of benzene rings is 3. The van der Waals surface area contributed by atoms with E-state index in [4.69, 9.17) is 18.9 Å². The minimum absolute atomic E-state index is 0.00464. The van der Waals surface area contributed by atoms with E-state index in [-0.39, 0.29) is 54.1 Å². The lowest BCUT2D eigenvalue weighted by molar-refractivity contribution is -0.316. The molecule has 3 aromatic carbocycles. The predicted molar refractivity (Wildman–Crippen MR) is 234 cm³/mol. The number of fused-ring (bicyclic) bond motifs is 3. The number of hydrogen-bond donors (Lipinski definition) is 6. The first-order valence-corrected chi connectivity index (χ1v) is 22.7. The second kappa shape index (κ2) is 18.2. The molecule has 0 aromatic heterocycles. The van der Waals surface area contributed by atoms with Crippen LogP contribution in [0.5, 0.6) is 17.2 Å². The highest BCUT2D eigenvalue weighted by Crippen LogP contribution is 2.42. The van der Waals surface area contributed by atoms with Gasteiger partial charge in [0.1, 0.15) is 47.8 Å². The van der Waals surface area contributed by atoms with Crippen LogP contribution in [-0.4, -0.2) is 106 Å². The maximum absolute atomic E-state index is 12.7. The van der Waals surface area contributed by atoms with Gasteiger partial charge in [0.15, 0.2) is 11.7 Å². The second-order valence-corrected chi connectivity index (χ2v) is 18.4. The highest BCUT2D eigenvalue weighted by molar-refractivity contribution is 8.76. The number of ether oxygens (including phenoxy) is 4. The van der Waals surface area contributed by atoms with E-state index in [1.807, 2.05) is 6.21 Å². The van der Waals surface area contributed by atoms with Gasteiger partial charge in [-0.1, -0.05) is 96.1 Å². The van der Waals surface area contributed by atoms with Crippen LogP contribution in [-0.2, 0) is 14.3 Å². The number of carboxylic acids is 1. The average Bonchev–Trinajstić information content (AvgIpc) is 3.78. The molecule has 6 N–H and O–H groups in total. The Morgan fingerprint density at radius 2 is 1.92 bits per heavy atom. The lowest BCUT2D eigenvalue weighted by atomic mass is 9.77. The summed E-state index contributed by atoms with van der Waals surface area (Å²) in [6, 6.07) is 19.6. The number of β-amino-alcohol motifs (C(OH)–C–C–N with tert-alkyl or cyclic N) is 1. The molecule has 5 aliphatic rings. The molecule has 60 heavy (non-hydrogen) atoms. The number of nitrogens with zero attached hydrogens (tertiary/aromatic N) is 1. The molecule has 12 nitrogen and oxygen atoms in total. The van der Waals surface area contributed by atoms with Crippen LogP contribution >= 0.6 is 21.6 Å². The Hall–Kier alpha value is -4.54. The molecular formula is C46H50N2O10S2. The summed E-state index contributed by atoms with van der Waals surface area (Å²) in [7, 11) is 3.06. The Bertz CT molecular complexity index is 2220. The van der Waals surface area contributed by atoms with Gasteiger partial charge in [0.05, 0.1) is 12.1 Å². The Kier molecular flexibility index (Phi) is 12.8. The summed E-state index contributed by atoms with van der Waals surface area (Å²) >= 11 is 0. The Morgan fingerprint density at radius 3 is 2.70 bits per heavy atom. The number of aliphatic hydroxyl groups is 3. The maximum Gasteiger partial charge on any atom is 0.335 e. The first-order chi connectivity index (χ1) is 29.0. The summed E-state index contributed by atoms with van der Waals surface area (Å²) in [4.78, 5) is 17.0. The van der Waals surface area contributed by atoms with Crippen LogP contribution < -0.4 is 14.8 Å². The van der Waals surface area contributed by atoms with Crippen molar-refractivity contribution in [3.8, 4) is 17.2 Å². The molecule has 2 saturated heterocycles. The number of aliphatic imine (C=N–C) groups is 1. The fourth-order valence-corrected chi connectivity index (χ4v) is 10.8. The molecule has 4 heterocycles. The van der Waals surface area contributed by atoms with Crippen LogP contribution in [0.2, 0.25) is 0 Å². The molecule has 8 rings (SSSR count). The zero-order chi connectivity index (χ0) is 42.0. The molecule has 0 saturated carbocycles. The summed E-state index contributed by atoms with van der Waals surface area (Å²) in [5.74, 6) is 0.683. The van der Waals surface area contributed by atoms with Crippen LogP contribution in [0, 0.1) is 17.8 Å². The van der Waals surface area contributed by atoms with Gasteiger partial charge < -0.3 is 49.8 Å². The molecular weight excluding hydrogens is 805 g/mol. The third kappa shape index (κ3) is 8.64. The minimum Gasteiger partial charge on any atom is -0.508 e. The molecule has 0 bridgehead atoms. The lowest BCUT2D eigenvalue weighted by Crippen LogP contribution is -2.72. The van der Waals surface area contributed by atoms with Gasteiger partial charge in [-0.05, 0) is 88.7 Å². The van der Waals surface area contributed by atoms with Gasteiger partial charge in [0.2, 0.25) is 6.29 Å². The molecule has 0 amide bonds. The fourth-order valence-electron chi connectivity index (χ4n) is 8.74. The highest BCUT2D eigenvalue weighted by Gasteiger charge is 2.59. The minimum atomic E-state index is -2.08. The first kappa shape index (κ1) is 42.2. The van der Waals surface area contributed by atoms with E-state index in [0.717, 1.165) is 12.2 Å². The monoisotopic (exact) mass is 854 g/mol. The lowest BCUT2D eigenvalue weighted by Gasteiger charge is -2.49. The van der Waals surface area contributed by atoms with Crippen molar-refractivity contribution in [1.29, 1.82) is 0 Å². The predicted octanol–water partition coefficient (Wildman–Crippen LogP) is 6.84. The largest absolute Gasteiger partial charge is 0.508 e. The number of aliphatic hydroxyl groups excluding tert-OH is 2. The van der Waals surface area contributed by atoms with Gasteiger partial charge in [-0.15, -0.1) is 0 Å². The molecule has 9 atom stereocenters. The Balaban J connectivity index is 1.07. The molecule has 0 spiro atoms. The third-order valence-electron chi connectivity index (χ3n) is 12.2. The van der Waals surface area contributed by atoms with Crippen LogP contribution in [0.3, 0.4) is 0 Å². The number of aliphatic carboxylic acids is 1. The van der Waals surface area contributed by atoms with E-state index in [1.54, 1.807) is 35.1 Å². The van der Waals surface area contributed by atoms with Crippen molar-refractivity contribution < 1.29 is 49.3 Å². The van der Waals surface area contributed by atoms with E-state index in [2.05, 4.69) is 72.7 Å². The second-order valence-electron chi connectivity index (χ2n) is 16.0. The van der Waals surface area contributed by atoms with Crippen molar-refractivity contribution in [3.05, 3.63) is 119 Å². The quantitative estimate of drug-likeness (QED) is 0.130. The van der Waals surface area contributed by atoms with Gasteiger partial charge in [0, 0.05) is 30.2 Å². The van der Waals surface area contributed by atoms with Crippen LogP contribution in [0.1, 0.15) is 48.4 Å². The third-order valence-corrected chi connectivity index (χ3v) is 14.3. The van der Waals surface area contributed by atoms with Gasteiger partial charge in [-0.25, -0.2) is 4.79 Å². The zero-order valence-electron chi connectivity index (χ0n) is 33.3. The number of aromatic hydroxyl groups is 1. The van der Waals surface area contributed by atoms with Crippen molar-refractivity contribution in [2.75, 3.05) is 37.9 Å². The number of nitrogens with one attached hydrogen (secondary N) is 1. The van der Waals surface area contributed by atoms with E-state index < -0.39 is 36.2 Å². The average molecular weight is 855 g/mol. The molecule has 3 aromatic rings. The van der Waals surface area contributed by atoms with E-state index in [0.29, 0.717) is 41.5 Å². The van der Waals surface area contributed by atoms with Crippen molar-refractivity contribution in [1.82, 2.24) is 5.32 Å². The number of hydrogen-bond acceptors (Lipinski definition) is 13. The van der Waals surface area contributed by atoms with Crippen molar-refractivity contribution in [2.24, 2.45) is 22.7 Å². The first-order valence-electron chi connectivity index (χ1n) is 20.2. The molecule has 4 aliphatic heterocycles. The van der Waals surface area contributed by atoms with Crippen molar-refractivity contribution in [2.45, 2.75) is 56.4 Å². The number of phenolic OH excluding ortho intramolecular Hbond substituents is 1. The van der Waals surface area contributed by atoms with Crippen molar-refractivity contribution >= 4 is 50.7 Å². The summed E-state index contributed by atoms with van der Waals surface area (Å²) in [6.45, 7) is 5.43.